The Labute approximate surface area is 113 Å². The third-order valence-corrected chi connectivity index (χ3v) is 3.58. The fraction of sp³-hybridized carbons (Fsp3) is 1.00. The molecule has 3 nitrogen and oxygen atoms in total. The second-order valence-corrected chi connectivity index (χ2v) is 5.34. The highest BCUT2D eigenvalue weighted by molar-refractivity contribution is 4.58. The average Bonchev–Trinajstić information content (AvgIpc) is 2.35. The molecule has 0 spiro atoms. The van der Waals surface area contributed by atoms with Crippen LogP contribution in [0, 0.1) is 10.1 Å². The Balaban J connectivity index is 3.56. The molecule has 0 atom stereocenters. The molecule has 0 aromatic rings. The van der Waals surface area contributed by atoms with Gasteiger partial charge in [-0.3, -0.25) is 10.1 Å². The molecule has 0 aromatic carbocycles. The van der Waals surface area contributed by atoms with E-state index < -0.39 is 0 Å². The maximum atomic E-state index is 10.9. The zero-order valence-electron chi connectivity index (χ0n) is 12.3. The normalized spacial score (nSPS) is 11.1. The van der Waals surface area contributed by atoms with E-state index in [1.807, 2.05) is 0 Å². The van der Waals surface area contributed by atoms with Crippen LogP contribution in [0.4, 0.5) is 0 Å². The Hall–Kier alpha value is -0.600. The van der Waals surface area contributed by atoms with Gasteiger partial charge in [-0.1, -0.05) is 65.2 Å². The van der Waals surface area contributed by atoms with Crippen LogP contribution in [0.1, 0.15) is 90.9 Å². The first-order valence-electron chi connectivity index (χ1n) is 7.85. The minimum Gasteiger partial charge on any atom is -0.264 e. The Kier molecular flexibility index (Phi) is 12.4. The van der Waals surface area contributed by atoms with Crippen molar-refractivity contribution in [2.24, 2.45) is 0 Å². The Bertz CT molecular complexity index is 181. The molecule has 0 aliphatic heterocycles. The van der Waals surface area contributed by atoms with Gasteiger partial charge in [0.25, 0.3) is 0 Å². The first-order chi connectivity index (χ1) is 8.72. The van der Waals surface area contributed by atoms with Crippen LogP contribution in [-0.4, -0.2) is 11.0 Å². The van der Waals surface area contributed by atoms with Crippen LogP contribution in [0.3, 0.4) is 0 Å². The van der Waals surface area contributed by atoms with E-state index in [0.717, 1.165) is 38.5 Å². The van der Waals surface area contributed by atoms with Gasteiger partial charge >= 0.3 is 0 Å². The molecular weight excluding hydrogens is 226 g/mol. The lowest BCUT2D eigenvalue weighted by atomic mass is 10.0. The van der Waals surface area contributed by atoms with Crippen molar-refractivity contribution in [3.63, 3.8) is 0 Å². The van der Waals surface area contributed by atoms with Gasteiger partial charge in [-0.25, -0.2) is 0 Å². The lowest BCUT2D eigenvalue weighted by Crippen LogP contribution is -2.19. The Morgan fingerprint density at radius 1 is 0.778 bits per heavy atom. The van der Waals surface area contributed by atoms with Crippen LogP contribution in [0.25, 0.3) is 0 Å². The minimum absolute atomic E-state index is 0.0559. The van der Waals surface area contributed by atoms with Crippen LogP contribution in [-0.2, 0) is 0 Å². The van der Waals surface area contributed by atoms with Crippen molar-refractivity contribution in [2.75, 3.05) is 0 Å². The molecule has 0 N–H and O–H groups in total. The number of unbranched alkanes of at least 4 members (excludes halogenated alkanes) is 8. The number of hydrogen-bond acceptors (Lipinski definition) is 2. The van der Waals surface area contributed by atoms with Gasteiger partial charge in [-0.15, -0.1) is 0 Å². The van der Waals surface area contributed by atoms with Crippen molar-refractivity contribution in [1.82, 2.24) is 0 Å². The van der Waals surface area contributed by atoms with Gasteiger partial charge in [0.2, 0.25) is 6.04 Å². The lowest BCUT2D eigenvalue weighted by molar-refractivity contribution is -0.524. The molecule has 0 fully saturated rings. The maximum Gasteiger partial charge on any atom is 0.213 e. The molecule has 0 aromatic heterocycles. The largest absolute Gasteiger partial charge is 0.264 e. The zero-order valence-corrected chi connectivity index (χ0v) is 12.3. The molecule has 0 unspecified atom stereocenters. The summed E-state index contributed by atoms with van der Waals surface area (Å²) in [6.45, 7) is 4.38. The molecule has 3 heteroatoms. The van der Waals surface area contributed by atoms with Crippen molar-refractivity contribution >= 4 is 0 Å². The summed E-state index contributed by atoms with van der Waals surface area (Å²) in [5, 5.41) is 10.9. The molecule has 108 valence electrons. The fourth-order valence-corrected chi connectivity index (χ4v) is 2.32. The molecule has 0 saturated heterocycles. The minimum atomic E-state index is -0.284. The van der Waals surface area contributed by atoms with Crippen LogP contribution in [0.5, 0.6) is 0 Å². The Morgan fingerprint density at radius 3 is 1.50 bits per heavy atom. The quantitative estimate of drug-likeness (QED) is 0.253. The monoisotopic (exact) mass is 257 g/mol. The molecule has 18 heavy (non-hydrogen) atoms. The Morgan fingerprint density at radius 2 is 1.17 bits per heavy atom. The first kappa shape index (κ1) is 17.4. The molecule has 0 radical (unpaired) electrons. The van der Waals surface area contributed by atoms with Crippen molar-refractivity contribution in [3.05, 3.63) is 10.1 Å². The molecular formula is C15H31NO2. The summed E-state index contributed by atoms with van der Waals surface area (Å²) in [5.41, 5.74) is 0. The third kappa shape index (κ3) is 10.5. The van der Waals surface area contributed by atoms with Gasteiger partial charge in [0.15, 0.2) is 0 Å². The first-order valence-corrected chi connectivity index (χ1v) is 7.85. The van der Waals surface area contributed by atoms with Gasteiger partial charge in [0.05, 0.1) is 0 Å². The lowest BCUT2D eigenvalue weighted by Gasteiger charge is -2.09. The van der Waals surface area contributed by atoms with Crippen molar-refractivity contribution in [2.45, 2.75) is 96.9 Å². The van der Waals surface area contributed by atoms with Crippen LogP contribution < -0.4 is 0 Å². The standard InChI is InChI=1S/C15H31NO2/c1-3-5-7-9-11-13-15(16(17)18)14-12-10-8-6-4-2/h15H,3-14H2,1-2H3. The van der Waals surface area contributed by atoms with Crippen LogP contribution >= 0.6 is 0 Å². The summed E-state index contributed by atoms with van der Waals surface area (Å²) >= 11 is 0. The van der Waals surface area contributed by atoms with E-state index in [-0.39, 0.29) is 11.0 Å². The molecule has 0 amide bonds. The third-order valence-electron chi connectivity index (χ3n) is 3.58. The van der Waals surface area contributed by atoms with Crippen molar-refractivity contribution in [3.8, 4) is 0 Å². The van der Waals surface area contributed by atoms with Crippen LogP contribution in [0.2, 0.25) is 0 Å². The SMILES string of the molecule is CCCCCCCC(CCCCCCC)[N+](=O)[O-]. The van der Waals surface area contributed by atoms with E-state index in [0.29, 0.717) is 0 Å². The predicted molar refractivity (Wildman–Crippen MR) is 77.5 cm³/mol. The van der Waals surface area contributed by atoms with Gasteiger partial charge in [0, 0.05) is 17.8 Å². The number of rotatable bonds is 13. The summed E-state index contributed by atoms with van der Waals surface area (Å²) in [6.07, 6.45) is 13.4. The second-order valence-electron chi connectivity index (χ2n) is 5.34. The van der Waals surface area contributed by atoms with Crippen LogP contribution in [0.15, 0.2) is 0 Å². The van der Waals surface area contributed by atoms with Gasteiger partial charge in [0.1, 0.15) is 0 Å². The molecule has 0 aliphatic carbocycles. The number of nitro groups is 1. The van der Waals surface area contributed by atoms with Crippen molar-refractivity contribution in [1.29, 1.82) is 0 Å². The zero-order chi connectivity index (χ0) is 13.6. The van der Waals surface area contributed by atoms with E-state index in [4.69, 9.17) is 0 Å². The molecule has 0 bridgehead atoms. The highest BCUT2D eigenvalue weighted by atomic mass is 16.6. The molecule has 0 saturated carbocycles. The van der Waals surface area contributed by atoms with Gasteiger partial charge < -0.3 is 0 Å². The second kappa shape index (κ2) is 12.8. The number of nitrogens with zero attached hydrogens (tertiary/aromatic N) is 1. The summed E-state index contributed by atoms with van der Waals surface area (Å²) in [5.74, 6) is 0. The maximum absolute atomic E-state index is 10.9. The van der Waals surface area contributed by atoms with E-state index in [1.54, 1.807) is 0 Å². The van der Waals surface area contributed by atoms with Gasteiger partial charge in [-0.05, 0) is 12.8 Å². The molecule has 0 rings (SSSR count). The van der Waals surface area contributed by atoms with E-state index in [1.165, 1.54) is 38.5 Å². The molecule has 0 heterocycles. The summed E-state index contributed by atoms with van der Waals surface area (Å²) in [6, 6.07) is -0.284. The summed E-state index contributed by atoms with van der Waals surface area (Å²) < 4.78 is 0. The summed E-state index contributed by atoms with van der Waals surface area (Å²) in [7, 11) is 0. The average molecular weight is 257 g/mol. The summed E-state index contributed by atoms with van der Waals surface area (Å²) in [4.78, 5) is 10.9. The predicted octanol–water partition coefficient (Wildman–Crippen LogP) is 5.35. The molecule has 0 aliphatic rings. The fourth-order valence-electron chi connectivity index (χ4n) is 2.32. The topological polar surface area (TPSA) is 43.1 Å². The highest BCUT2D eigenvalue weighted by Crippen LogP contribution is 2.15. The highest BCUT2D eigenvalue weighted by Gasteiger charge is 2.18. The van der Waals surface area contributed by atoms with E-state index in [9.17, 15) is 10.1 Å². The number of hydrogen-bond donors (Lipinski definition) is 0. The van der Waals surface area contributed by atoms with Crippen molar-refractivity contribution < 1.29 is 4.92 Å². The van der Waals surface area contributed by atoms with E-state index in [2.05, 4.69) is 13.8 Å². The smallest absolute Gasteiger partial charge is 0.213 e. The van der Waals surface area contributed by atoms with Gasteiger partial charge in [-0.2, -0.15) is 0 Å². The van der Waals surface area contributed by atoms with E-state index >= 15 is 0 Å².